The summed E-state index contributed by atoms with van der Waals surface area (Å²) in [6.07, 6.45) is -3.90. The van der Waals surface area contributed by atoms with Crippen molar-refractivity contribution in [1.82, 2.24) is 0 Å². The Kier molecular flexibility index (Phi) is 4.15. The van der Waals surface area contributed by atoms with E-state index in [1.54, 1.807) is 30.3 Å². The van der Waals surface area contributed by atoms with Crippen molar-refractivity contribution in [1.29, 1.82) is 0 Å². The van der Waals surface area contributed by atoms with Gasteiger partial charge in [0.1, 0.15) is 10.8 Å². The van der Waals surface area contributed by atoms with Crippen LogP contribution in [0.4, 0.5) is 18.2 Å². The summed E-state index contributed by atoms with van der Waals surface area (Å²) >= 11 is 0.576. The van der Waals surface area contributed by atoms with Crippen LogP contribution in [0.2, 0.25) is 0 Å². The van der Waals surface area contributed by atoms with Gasteiger partial charge < -0.3 is 4.74 Å². The number of para-hydroxylation sites is 1. The fourth-order valence-corrected chi connectivity index (χ4v) is 3.35. The molecule has 21 heavy (non-hydrogen) atoms. The summed E-state index contributed by atoms with van der Waals surface area (Å²) in [5.41, 5.74) is -1.08. The van der Waals surface area contributed by atoms with E-state index in [4.69, 9.17) is 4.74 Å². The van der Waals surface area contributed by atoms with E-state index >= 15 is 0 Å². The maximum absolute atomic E-state index is 12.9. The summed E-state index contributed by atoms with van der Waals surface area (Å²) in [5, 5.41) is -0.574. The van der Waals surface area contributed by atoms with Crippen LogP contribution < -0.4 is 9.46 Å². The highest BCUT2D eigenvalue weighted by Gasteiger charge is 2.36. The second-order valence-corrected chi connectivity index (χ2v) is 6.86. The second kappa shape index (κ2) is 5.57. The van der Waals surface area contributed by atoms with Gasteiger partial charge in [-0.1, -0.05) is 29.5 Å². The molecule has 0 unspecified atom stereocenters. The van der Waals surface area contributed by atoms with Crippen molar-refractivity contribution >= 4 is 26.4 Å². The van der Waals surface area contributed by atoms with Crippen molar-refractivity contribution < 1.29 is 26.3 Å². The standard InChI is InChI=1S/C12H10F3NO3S2/c1-21(17,18)16-11-9(12(13,14)15)7-10(20-11)19-8-5-3-2-4-6-8/h2-7,16H,1H3. The summed E-state index contributed by atoms with van der Waals surface area (Å²) in [7, 11) is -3.81. The molecular formula is C12H10F3NO3S2. The van der Waals surface area contributed by atoms with Crippen molar-refractivity contribution in [2.45, 2.75) is 6.18 Å². The first kappa shape index (κ1) is 15.6. The van der Waals surface area contributed by atoms with Crippen molar-refractivity contribution in [3.63, 3.8) is 0 Å². The van der Waals surface area contributed by atoms with Crippen LogP contribution in [-0.4, -0.2) is 14.7 Å². The largest absolute Gasteiger partial charge is 0.447 e. The molecule has 0 aliphatic heterocycles. The molecule has 0 saturated heterocycles. The molecule has 0 fully saturated rings. The second-order valence-electron chi connectivity index (χ2n) is 4.10. The van der Waals surface area contributed by atoms with E-state index in [1.807, 2.05) is 4.72 Å². The quantitative estimate of drug-likeness (QED) is 0.920. The van der Waals surface area contributed by atoms with Crippen molar-refractivity contribution in [2.75, 3.05) is 11.0 Å². The van der Waals surface area contributed by atoms with Crippen LogP contribution >= 0.6 is 11.3 Å². The third-order valence-corrected chi connectivity index (χ3v) is 3.89. The Morgan fingerprint density at radius 2 is 1.81 bits per heavy atom. The number of benzene rings is 1. The molecule has 0 atom stereocenters. The number of sulfonamides is 1. The SMILES string of the molecule is CS(=O)(=O)Nc1sc(Oc2ccccc2)cc1C(F)(F)F. The third kappa shape index (κ3) is 4.36. The predicted octanol–water partition coefficient (Wildman–Crippen LogP) is 3.93. The molecule has 0 radical (unpaired) electrons. The summed E-state index contributed by atoms with van der Waals surface area (Å²) in [6, 6.07) is 9.00. The molecule has 0 aliphatic carbocycles. The minimum Gasteiger partial charge on any atom is -0.447 e. The Balaban J connectivity index is 2.36. The molecule has 0 aliphatic rings. The zero-order valence-electron chi connectivity index (χ0n) is 10.6. The van der Waals surface area contributed by atoms with E-state index in [2.05, 4.69) is 0 Å². The van der Waals surface area contributed by atoms with Gasteiger partial charge in [-0.05, 0) is 12.1 Å². The number of hydrogen-bond donors (Lipinski definition) is 1. The average molecular weight is 337 g/mol. The van der Waals surface area contributed by atoms with E-state index in [-0.39, 0.29) is 5.06 Å². The Hall–Kier alpha value is -1.74. The number of hydrogen-bond acceptors (Lipinski definition) is 4. The molecule has 1 aromatic heterocycles. The van der Waals surface area contributed by atoms with Gasteiger partial charge >= 0.3 is 6.18 Å². The summed E-state index contributed by atoms with van der Waals surface area (Å²) in [6.45, 7) is 0. The summed E-state index contributed by atoms with van der Waals surface area (Å²) in [5.74, 6) is 0.360. The van der Waals surface area contributed by atoms with Crippen LogP contribution in [0.5, 0.6) is 10.8 Å². The number of alkyl halides is 3. The minimum atomic E-state index is -4.68. The molecule has 4 nitrogen and oxygen atoms in total. The van der Waals surface area contributed by atoms with Crippen LogP contribution in [0.25, 0.3) is 0 Å². The maximum Gasteiger partial charge on any atom is 0.419 e. The van der Waals surface area contributed by atoms with Gasteiger partial charge in [0.15, 0.2) is 5.06 Å². The topological polar surface area (TPSA) is 55.4 Å². The molecule has 0 saturated carbocycles. The van der Waals surface area contributed by atoms with Crippen LogP contribution in [0.15, 0.2) is 36.4 Å². The summed E-state index contributed by atoms with van der Waals surface area (Å²) in [4.78, 5) is 0. The smallest absolute Gasteiger partial charge is 0.419 e. The van der Waals surface area contributed by atoms with Gasteiger partial charge in [-0.15, -0.1) is 0 Å². The molecule has 1 N–H and O–H groups in total. The fourth-order valence-electron chi connectivity index (χ4n) is 1.48. The number of ether oxygens (including phenoxy) is 1. The van der Waals surface area contributed by atoms with Crippen molar-refractivity contribution in [3.8, 4) is 10.8 Å². The maximum atomic E-state index is 12.9. The van der Waals surface area contributed by atoms with Crippen LogP contribution in [0.1, 0.15) is 5.56 Å². The van der Waals surface area contributed by atoms with Gasteiger partial charge in [0.2, 0.25) is 10.0 Å². The van der Waals surface area contributed by atoms with Gasteiger partial charge in [-0.25, -0.2) is 8.42 Å². The lowest BCUT2D eigenvalue weighted by Gasteiger charge is -2.07. The molecule has 0 amide bonds. The van der Waals surface area contributed by atoms with Crippen LogP contribution in [-0.2, 0) is 16.2 Å². The lowest BCUT2D eigenvalue weighted by Crippen LogP contribution is -2.13. The Morgan fingerprint density at radius 3 is 2.33 bits per heavy atom. The summed E-state index contributed by atoms with van der Waals surface area (Å²) < 4.78 is 68.1. The highest BCUT2D eigenvalue weighted by Crippen LogP contribution is 2.45. The Morgan fingerprint density at radius 1 is 1.19 bits per heavy atom. The highest BCUT2D eigenvalue weighted by molar-refractivity contribution is 7.92. The van der Waals surface area contributed by atoms with Gasteiger partial charge in [0.25, 0.3) is 0 Å². The molecule has 0 spiro atoms. The Bertz CT molecular complexity index is 724. The zero-order chi connectivity index (χ0) is 15.7. The lowest BCUT2D eigenvalue weighted by atomic mass is 10.3. The Labute approximate surface area is 123 Å². The average Bonchev–Trinajstić information content (AvgIpc) is 2.70. The number of rotatable bonds is 4. The molecule has 9 heteroatoms. The number of anilines is 1. The van der Waals surface area contributed by atoms with Crippen molar-refractivity contribution in [2.24, 2.45) is 0 Å². The van der Waals surface area contributed by atoms with E-state index in [0.29, 0.717) is 17.1 Å². The van der Waals surface area contributed by atoms with E-state index in [9.17, 15) is 21.6 Å². The molecule has 2 aromatic rings. The monoisotopic (exact) mass is 337 g/mol. The highest BCUT2D eigenvalue weighted by atomic mass is 32.2. The third-order valence-electron chi connectivity index (χ3n) is 2.25. The van der Waals surface area contributed by atoms with Crippen molar-refractivity contribution in [3.05, 3.63) is 42.0 Å². The number of halogens is 3. The van der Waals surface area contributed by atoms with Gasteiger partial charge in [-0.2, -0.15) is 13.2 Å². The zero-order valence-corrected chi connectivity index (χ0v) is 12.3. The van der Waals surface area contributed by atoms with E-state index < -0.39 is 26.8 Å². The van der Waals surface area contributed by atoms with Crippen LogP contribution in [0, 0.1) is 0 Å². The first-order valence-corrected chi connectivity index (χ1v) is 8.28. The van der Waals surface area contributed by atoms with E-state index in [0.717, 1.165) is 12.3 Å². The predicted molar refractivity (Wildman–Crippen MR) is 74.3 cm³/mol. The van der Waals surface area contributed by atoms with E-state index in [1.165, 1.54) is 0 Å². The molecule has 0 bridgehead atoms. The molecule has 114 valence electrons. The van der Waals surface area contributed by atoms with Crippen LogP contribution in [0.3, 0.4) is 0 Å². The molecule has 1 aromatic carbocycles. The number of thiophene rings is 1. The minimum absolute atomic E-state index is 0.0559. The van der Waals surface area contributed by atoms with Gasteiger partial charge in [0.05, 0.1) is 11.8 Å². The number of nitrogens with one attached hydrogen (secondary N) is 1. The molecule has 2 rings (SSSR count). The molecule has 1 heterocycles. The first-order valence-electron chi connectivity index (χ1n) is 5.57. The van der Waals surface area contributed by atoms with Gasteiger partial charge in [0, 0.05) is 6.07 Å². The molecular weight excluding hydrogens is 327 g/mol. The first-order chi connectivity index (χ1) is 9.65. The fraction of sp³-hybridized carbons (Fsp3) is 0.167. The lowest BCUT2D eigenvalue weighted by molar-refractivity contribution is -0.136. The van der Waals surface area contributed by atoms with Gasteiger partial charge in [-0.3, -0.25) is 4.72 Å². The normalized spacial score (nSPS) is 12.2.